The van der Waals surface area contributed by atoms with E-state index in [0.29, 0.717) is 23.3 Å². The van der Waals surface area contributed by atoms with E-state index in [1.165, 1.54) is 17.4 Å². The lowest BCUT2D eigenvalue weighted by Gasteiger charge is -2.36. The Bertz CT molecular complexity index is 839. The van der Waals surface area contributed by atoms with Gasteiger partial charge in [0.05, 0.1) is 4.90 Å². The van der Waals surface area contributed by atoms with Crippen LogP contribution in [0.15, 0.2) is 53.4 Å². The van der Waals surface area contributed by atoms with Crippen LogP contribution < -0.4 is 10.1 Å². The highest BCUT2D eigenvalue weighted by Crippen LogP contribution is 2.23. The quantitative estimate of drug-likeness (QED) is 0.740. The first-order chi connectivity index (χ1) is 13.0. The summed E-state index contributed by atoms with van der Waals surface area (Å²) in [6.45, 7) is 6.47. The summed E-state index contributed by atoms with van der Waals surface area (Å²) in [4.78, 5) is 2.76. The van der Waals surface area contributed by atoms with Crippen LogP contribution >= 0.6 is 12.4 Å². The Morgan fingerprint density at radius 1 is 1.11 bits per heavy atom. The van der Waals surface area contributed by atoms with Gasteiger partial charge in [0.15, 0.2) is 9.84 Å². The topological polar surface area (TPSA) is 58.6 Å². The molecule has 1 unspecified atom stereocenters. The first-order valence-corrected chi connectivity index (χ1v) is 11.3. The Balaban J connectivity index is 0.00000280. The van der Waals surface area contributed by atoms with E-state index in [1.807, 2.05) is 0 Å². The van der Waals surface area contributed by atoms with Gasteiger partial charge in [-0.3, -0.25) is 4.90 Å². The molecule has 1 saturated heterocycles. The van der Waals surface area contributed by atoms with Crippen molar-refractivity contribution in [3.8, 4) is 5.75 Å². The number of aryl methyl sites for hydroxylation is 1. The smallest absolute Gasteiger partial charge is 0.175 e. The molecular weight excluding hydrogens is 396 g/mol. The fourth-order valence-electron chi connectivity index (χ4n) is 3.38. The van der Waals surface area contributed by atoms with Crippen LogP contribution in [0, 0.1) is 0 Å². The molecule has 5 nitrogen and oxygen atoms in total. The molecule has 0 amide bonds. The fourth-order valence-corrected chi connectivity index (χ4v) is 4.01. The van der Waals surface area contributed by atoms with E-state index in [0.717, 1.165) is 32.6 Å². The van der Waals surface area contributed by atoms with Crippen LogP contribution in [0.1, 0.15) is 24.1 Å². The highest BCUT2D eigenvalue weighted by molar-refractivity contribution is 7.90. The first kappa shape index (κ1) is 22.7. The van der Waals surface area contributed by atoms with Gasteiger partial charge in [-0.2, -0.15) is 0 Å². The average Bonchev–Trinajstić information content (AvgIpc) is 2.68. The maximum absolute atomic E-state index is 11.5. The zero-order valence-corrected chi connectivity index (χ0v) is 18.1. The maximum atomic E-state index is 11.5. The van der Waals surface area contributed by atoms with E-state index in [-0.39, 0.29) is 12.4 Å². The fraction of sp³-hybridized carbons (Fsp3) is 0.429. The number of nitrogens with zero attached hydrogens (tertiary/aromatic N) is 1. The average molecular weight is 425 g/mol. The highest BCUT2D eigenvalue weighted by atomic mass is 35.5. The zero-order chi connectivity index (χ0) is 19.3. The molecule has 2 aromatic rings. The molecule has 0 aromatic heterocycles. The van der Waals surface area contributed by atoms with Gasteiger partial charge in [-0.1, -0.05) is 31.2 Å². The molecule has 0 bridgehead atoms. The minimum absolute atomic E-state index is 0. The second kappa shape index (κ2) is 10.3. The Labute approximate surface area is 174 Å². The Morgan fingerprint density at radius 3 is 2.39 bits per heavy atom. The predicted octanol–water partition coefficient (Wildman–Crippen LogP) is 3.10. The lowest BCUT2D eigenvalue weighted by Crippen LogP contribution is -2.47. The number of rotatable bonds is 7. The van der Waals surface area contributed by atoms with Gasteiger partial charge in [0.25, 0.3) is 0 Å². The number of nitrogens with one attached hydrogen (secondary N) is 1. The normalized spacial score (nSPS) is 17.7. The van der Waals surface area contributed by atoms with Gasteiger partial charge in [0, 0.05) is 38.5 Å². The van der Waals surface area contributed by atoms with Crippen molar-refractivity contribution in [1.29, 1.82) is 0 Å². The van der Waals surface area contributed by atoms with Crippen molar-refractivity contribution in [2.75, 3.05) is 39.0 Å². The summed E-state index contributed by atoms with van der Waals surface area (Å²) in [5, 5.41) is 3.48. The molecule has 1 aliphatic heterocycles. The Morgan fingerprint density at radius 2 is 1.79 bits per heavy atom. The van der Waals surface area contributed by atoms with Crippen molar-refractivity contribution in [3.63, 3.8) is 0 Å². The van der Waals surface area contributed by atoms with Crippen molar-refractivity contribution in [1.82, 2.24) is 10.2 Å². The minimum Gasteiger partial charge on any atom is -0.492 e. The third-order valence-corrected chi connectivity index (χ3v) is 6.15. The van der Waals surface area contributed by atoms with Gasteiger partial charge in [0.2, 0.25) is 0 Å². The van der Waals surface area contributed by atoms with Crippen LogP contribution in [0.25, 0.3) is 0 Å². The largest absolute Gasteiger partial charge is 0.492 e. The summed E-state index contributed by atoms with van der Waals surface area (Å²) < 4.78 is 28.9. The Hall–Kier alpha value is -1.60. The number of sulfone groups is 1. The molecule has 7 heteroatoms. The number of benzene rings is 2. The standard InChI is InChI=1S/C21H28N2O3S.ClH/c1-3-17-4-6-18(7-5-17)21-16-22-12-13-23(21)14-15-26-19-8-10-20(11-9-19)27(2,24)25;/h4-11,21-22H,3,12-16H2,1-2H3;1H. The second-order valence-corrected chi connectivity index (χ2v) is 8.96. The highest BCUT2D eigenvalue weighted by Gasteiger charge is 2.23. The molecular formula is C21H29ClN2O3S. The number of halogens is 1. The molecule has 1 atom stereocenters. The van der Waals surface area contributed by atoms with Crippen LogP contribution in [-0.2, 0) is 16.3 Å². The van der Waals surface area contributed by atoms with Gasteiger partial charge >= 0.3 is 0 Å². The second-order valence-electron chi connectivity index (χ2n) is 6.94. The van der Waals surface area contributed by atoms with Crippen molar-refractivity contribution >= 4 is 22.2 Å². The maximum Gasteiger partial charge on any atom is 0.175 e. The lowest BCUT2D eigenvalue weighted by atomic mass is 10.0. The van der Waals surface area contributed by atoms with Crippen LogP contribution in [-0.4, -0.2) is 52.4 Å². The van der Waals surface area contributed by atoms with Crippen molar-refractivity contribution in [2.45, 2.75) is 24.3 Å². The van der Waals surface area contributed by atoms with E-state index in [9.17, 15) is 8.42 Å². The molecule has 1 fully saturated rings. The molecule has 1 N–H and O–H groups in total. The number of ether oxygens (including phenoxy) is 1. The van der Waals surface area contributed by atoms with E-state index >= 15 is 0 Å². The molecule has 3 rings (SSSR count). The van der Waals surface area contributed by atoms with Crippen molar-refractivity contribution < 1.29 is 13.2 Å². The molecule has 0 radical (unpaired) electrons. The van der Waals surface area contributed by atoms with Gasteiger partial charge in [-0.05, 0) is 41.8 Å². The van der Waals surface area contributed by atoms with E-state index < -0.39 is 9.84 Å². The molecule has 154 valence electrons. The van der Waals surface area contributed by atoms with Gasteiger partial charge < -0.3 is 10.1 Å². The molecule has 1 aliphatic rings. The molecule has 2 aromatic carbocycles. The summed E-state index contributed by atoms with van der Waals surface area (Å²) >= 11 is 0. The first-order valence-electron chi connectivity index (χ1n) is 9.44. The number of hydrogen-bond acceptors (Lipinski definition) is 5. The number of piperazine rings is 1. The van der Waals surface area contributed by atoms with E-state index in [1.54, 1.807) is 24.3 Å². The summed E-state index contributed by atoms with van der Waals surface area (Å²) in [7, 11) is -3.17. The van der Waals surface area contributed by atoms with Crippen LogP contribution in [0.2, 0.25) is 0 Å². The summed E-state index contributed by atoms with van der Waals surface area (Å²) in [5.41, 5.74) is 2.69. The van der Waals surface area contributed by atoms with Crippen LogP contribution in [0.5, 0.6) is 5.75 Å². The monoisotopic (exact) mass is 424 g/mol. The molecule has 1 heterocycles. The van der Waals surface area contributed by atoms with E-state index in [4.69, 9.17) is 4.74 Å². The molecule has 0 saturated carbocycles. The molecule has 28 heavy (non-hydrogen) atoms. The van der Waals surface area contributed by atoms with Gasteiger partial charge in [-0.15, -0.1) is 12.4 Å². The summed E-state index contributed by atoms with van der Waals surface area (Å²) in [6, 6.07) is 15.8. The van der Waals surface area contributed by atoms with Crippen LogP contribution in [0.3, 0.4) is 0 Å². The Kier molecular flexibility index (Phi) is 8.31. The third-order valence-electron chi connectivity index (χ3n) is 5.03. The predicted molar refractivity (Wildman–Crippen MR) is 115 cm³/mol. The number of hydrogen-bond donors (Lipinski definition) is 1. The van der Waals surface area contributed by atoms with Crippen LogP contribution in [0.4, 0.5) is 0 Å². The molecule has 0 aliphatic carbocycles. The lowest BCUT2D eigenvalue weighted by molar-refractivity contribution is 0.134. The third kappa shape index (κ3) is 5.95. The SMILES string of the molecule is CCc1ccc(C2CNCCN2CCOc2ccc(S(C)(=O)=O)cc2)cc1.Cl. The zero-order valence-electron chi connectivity index (χ0n) is 16.4. The van der Waals surface area contributed by atoms with Gasteiger partial charge in [0.1, 0.15) is 12.4 Å². The summed E-state index contributed by atoms with van der Waals surface area (Å²) in [5.74, 6) is 0.696. The summed E-state index contributed by atoms with van der Waals surface area (Å²) in [6.07, 6.45) is 2.26. The molecule has 0 spiro atoms. The van der Waals surface area contributed by atoms with Crippen molar-refractivity contribution in [2.24, 2.45) is 0 Å². The minimum atomic E-state index is -3.17. The van der Waals surface area contributed by atoms with E-state index in [2.05, 4.69) is 41.4 Å². The van der Waals surface area contributed by atoms with Crippen molar-refractivity contribution in [3.05, 3.63) is 59.7 Å². The van der Waals surface area contributed by atoms with Gasteiger partial charge in [-0.25, -0.2) is 8.42 Å².